The summed E-state index contributed by atoms with van der Waals surface area (Å²) in [6, 6.07) is 10.2. The van der Waals surface area contributed by atoms with Gasteiger partial charge in [-0.25, -0.2) is 18.2 Å². The number of halogens is 5. The highest BCUT2D eigenvalue weighted by atomic mass is 79.9. The van der Waals surface area contributed by atoms with Crippen LogP contribution in [-0.4, -0.2) is 26.8 Å². The molecule has 0 saturated heterocycles. The van der Waals surface area contributed by atoms with E-state index < -0.39 is 27.9 Å². The van der Waals surface area contributed by atoms with E-state index in [0.29, 0.717) is 5.69 Å². The minimum Gasteiger partial charge on any atom is -0.283 e. The van der Waals surface area contributed by atoms with Crippen molar-refractivity contribution in [1.29, 1.82) is 0 Å². The van der Waals surface area contributed by atoms with Crippen LogP contribution in [0.4, 0.5) is 23.2 Å². The number of hydrogen-bond donors (Lipinski definition) is 2. The van der Waals surface area contributed by atoms with Crippen LogP contribution in [0.25, 0.3) is 0 Å². The number of rotatable bonds is 7. The van der Waals surface area contributed by atoms with E-state index in [1.54, 1.807) is 24.3 Å². The molecule has 0 aliphatic carbocycles. The lowest BCUT2D eigenvalue weighted by Crippen LogP contribution is -2.44. The molecule has 2 rings (SSSR count). The van der Waals surface area contributed by atoms with E-state index in [1.807, 2.05) is 0 Å². The smallest absolute Gasteiger partial charge is 0.283 e. The van der Waals surface area contributed by atoms with Gasteiger partial charge in [0.05, 0.1) is 18.5 Å². The van der Waals surface area contributed by atoms with Crippen LogP contribution in [0.1, 0.15) is 11.1 Å². The zero-order valence-electron chi connectivity index (χ0n) is 14.9. The third kappa shape index (κ3) is 6.68. The Morgan fingerprint density at radius 2 is 1.76 bits per heavy atom. The number of hydrogen-bond acceptors (Lipinski definition) is 4. The van der Waals surface area contributed by atoms with Gasteiger partial charge in [-0.1, -0.05) is 28.1 Å². The molecule has 1 amide bonds. The highest BCUT2D eigenvalue weighted by Crippen LogP contribution is 2.24. The fourth-order valence-electron chi connectivity index (χ4n) is 2.29. The van der Waals surface area contributed by atoms with Crippen molar-refractivity contribution in [2.24, 2.45) is 0 Å². The number of benzene rings is 2. The van der Waals surface area contributed by atoms with Gasteiger partial charge in [0.25, 0.3) is 0 Å². The molecule has 0 aromatic heterocycles. The van der Waals surface area contributed by atoms with Crippen LogP contribution in [-0.2, 0) is 27.9 Å². The number of carbonyl (C=O) groups is 1. The van der Waals surface area contributed by atoms with Crippen LogP contribution in [0.5, 0.6) is 0 Å². The monoisotopic (exact) mass is 497 g/mol. The molecule has 29 heavy (non-hydrogen) atoms. The minimum absolute atomic E-state index is 0.0708. The zero-order chi connectivity index (χ0) is 21.8. The lowest BCUT2D eigenvalue weighted by molar-refractivity contribution is -0.174. The van der Waals surface area contributed by atoms with E-state index in [2.05, 4.69) is 21.4 Å². The number of hydrazine groups is 1. The first-order valence-corrected chi connectivity index (χ1v) is 10.6. The lowest BCUT2D eigenvalue weighted by atomic mass is 10.1. The van der Waals surface area contributed by atoms with Gasteiger partial charge in [0.2, 0.25) is 10.0 Å². The molecule has 0 atom stereocenters. The molecule has 158 valence electrons. The molecule has 0 bridgehead atoms. The summed E-state index contributed by atoms with van der Waals surface area (Å²) in [5, 5.41) is 0. The molecule has 0 radical (unpaired) electrons. The van der Waals surface area contributed by atoms with Crippen molar-refractivity contribution in [1.82, 2.24) is 10.9 Å². The predicted octanol–water partition coefficient (Wildman–Crippen LogP) is 3.24. The summed E-state index contributed by atoms with van der Waals surface area (Å²) in [6.45, 7) is -0.535. The Labute approximate surface area is 173 Å². The van der Waals surface area contributed by atoms with Crippen LogP contribution >= 0.6 is 15.9 Å². The lowest BCUT2D eigenvalue weighted by Gasteiger charge is -2.23. The van der Waals surface area contributed by atoms with Crippen LogP contribution in [0.2, 0.25) is 0 Å². The zero-order valence-corrected chi connectivity index (χ0v) is 17.3. The maximum Gasteiger partial charge on any atom is 0.472 e. The highest BCUT2D eigenvalue weighted by Gasteiger charge is 2.38. The Morgan fingerprint density at radius 1 is 1.14 bits per heavy atom. The van der Waals surface area contributed by atoms with Crippen LogP contribution in [0, 0.1) is 5.82 Å². The van der Waals surface area contributed by atoms with Gasteiger partial charge in [-0.05, 0) is 35.9 Å². The average molecular weight is 498 g/mol. The molecular weight excluding hydrogens is 482 g/mol. The molecule has 0 heterocycles. The number of alkyl halides is 3. The molecule has 2 N–H and O–H groups in total. The van der Waals surface area contributed by atoms with Gasteiger partial charge < -0.3 is 0 Å². The molecule has 0 aliphatic heterocycles. The van der Waals surface area contributed by atoms with Crippen LogP contribution in [0.3, 0.4) is 0 Å². The summed E-state index contributed by atoms with van der Waals surface area (Å²) in [5.41, 5.74) is 4.18. The van der Waals surface area contributed by atoms with E-state index in [0.717, 1.165) is 21.1 Å². The minimum atomic E-state index is -5.04. The Morgan fingerprint density at radius 3 is 2.28 bits per heavy atom. The molecule has 0 aliphatic rings. The standard InChI is InChI=1S/C17H16BrF4N3O3S/c1-29(27,28)25(14-6-4-13(18)5-7-14)10-12-3-2-11(8-15(12)19)9-23-24-16(26)17(20,21)22/h2-8,23H,9-10H2,1H3,(H,24,26). The van der Waals surface area contributed by atoms with Gasteiger partial charge in [0.15, 0.2) is 0 Å². The maximum absolute atomic E-state index is 14.4. The second-order valence-corrected chi connectivity index (χ2v) is 8.80. The van der Waals surface area contributed by atoms with Crippen molar-refractivity contribution in [3.63, 3.8) is 0 Å². The van der Waals surface area contributed by atoms with Gasteiger partial charge in [-0.3, -0.25) is 14.5 Å². The number of carbonyl (C=O) groups excluding carboxylic acids is 1. The fourth-order valence-corrected chi connectivity index (χ4v) is 3.43. The second kappa shape index (κ2) is 9.09. The van der Waals surface area contributed by atoms with Gasteiger partial charge in [0.1, 0.15) is 5.82 Å². The fraction of sp³-hybridized carbons (Fsp3) is 0.235. The highest BCUT2D eigenvalue weighted by molar-refractivity contribution is 9.10. The molecule has 6 nitrogen and oxygen atoms in total. The Bertz CT molecular complexity index is 982. The first-order valence-electron chi connectivity index (χ1n) is 7.98. The van der Waals surface area contributed by atoms with Crippen LogP contribution < -0.4 is 15.2 Å². The van der Waals surface area contributed by atoms with E-state index in [4.69, 9.17) is 0 Å². The number of sulfonamides is 1. The largest absolute Gasteiger partial charge is 0.472 e. The number of nitrogens with zero attached hydrogens (tertiary/aromatic N) is 1. The summed E-state index contributed by atoms with van der Waals surface area (Å²) >= 11 is 3.25. The Hall–Kier alpha value is -2.18. The molecular formula is C17H16BrF4N3O3S. The average Bonchev–Trinajstić information content (AvgIpc) is 2.60. The maximum atomic E-state index is 14.4. The van der Waals surface area contributed by atoms with Crippen LogP contribution in [0.15, 0.2) is 46.9 Å². The van der Waals surface area contributed by atoms with Gasteiger partial charge >= 0.3 is 12.1 Å². The van der Waals surface area contributed by atoms with Crippen molar-refractivity contribution in [3.05, 3.63) is 63.9 Å². The van der Waals surface area contributed by atoms with Crippen molar-refractivity contribution in [2.45, 2.75) is 19.3 Å². The topological polar surface area (TPSA) is 78.5 Å². The summed E-state index contributed by atoms with van der Waals surface area (Å²) < 4.78 is 76.8. The molecule has 2 aromatic rings. The predicted molar refractivity (Wildman–Crippen MR) is 103 cm³/mol. The van der Waals surface area contributed by atoms with Gasteiger partial charge in [-0.15, -0.1) is 0 Å². The van der Waals surface area contributed by atoms with Crippen molar-refractivity contribution in [2.75, 3.05) is 10.6 Å². The second-order valence-electron chi connectivity index (χ2n) is 5.98. The Balaban J connectivity index is 2.12. The molecule has 0 saturated carbocycles. The van der Waals surface area contributed by atoms with Gasteiger partial charge in [-0.2, -0.15) is 13.2 Å². The molecule has 0 fully saturated rings. The summed E-state index contributed by atoms with van der Waals surface area (Å²) in [5.74, 6) is -2.91. The Kier molecular flexibility index (Phi) is 7.25. The molecule has 12 heteroatoms. The molecule has 0 unspecified atom stereocenters. The first kappa shape index (κ1) is 23.1. The summed E-state index contributed by atoms with van der Waals surface area (Å²) in [7, 11) is -3.71. The quantitative estimate of drug-likeness (QED) is 0.454. The third-order valence-corrected chi connectivity index (χ3v) is 5.37. The van der Waals surface area contributed by atoms with Crippen molar-refractivity contribution in [3.8, 4) is 0 Å². The van der Waals surface area contributed by atoms with E-state index in [9.17, 15) is 30.8 Å². The SMILES string of the molecule is CS(=O)(=O)N(Cc1ccc(CNNC(=O)C(F)(F)F)cc1F)c1ccc(Br)cc1. The van der Waals surface area contributed by atoms with Crippen molar-refractivity contribution < 1.29 is 30.8 Å². The van der Waals surface area contributed by atoms with E-state index in [1.165, 1.54) is 17.6 Å². The number of anilines is 1. The summed E-state index contributed by atoms with van der Waals surface area (Å²) in [6.07, 6.45) is -4.04. The summed E-state index contributed by atoms with van der Waals surface area (Å²) in [4.78, 5) is 10.7. The number of amides is 1. The number of nitrogens with one attached hydrogen (secondary N) is 2. The van der Waals surface area contributed by atoms with Gasteiger partial charge in [0, 0.05) is 16.6 Å². The van der Waals surface area contributed by atoms with E-state index in [-0.39, 0.29) is 24.2 Å². The molecule has 0 spiro atoms. The van der Waals surface area contributed by atoms with Crippen molar-refractivity contribution >= 4 is 37.5 Å². The third-order valence-electron chi connectivity index (χ3n) is 3.70. The normalized spacial score (nSPS) is 11.9. The first-order chi connectivity index (χ1) is 13.4. The molecule has 2 aromatic carbocycles. The van der Waals surface area contributed by atoms with E-state index >= 15 is 0 Å².